The van der Waals surface area contributed by atoms with Gasteiger partial charge in [0, 0.05) is 6.92 Å². The molecule has 132 valence electrons. The highest BCUT2D eigenvalue weighted by Crippen LogP contribution is 1.91. The van der Waals surface area contributed by atoms with Gasteiger partial charge in [0.25, 0.3) is 0 Å². The normalized spacial score (nSPS) is 9.04. The Morgan fingerprint density at radius 1 is 0.783 bits per heavy atom. The maximum atomic E-state index is 10.9. The first-order chi connectivity index (χ1) is 10.8. The van der Waals surface area contributed by atoms with Crippen LogP contribution in [0.15, 0.2) is 0 Å². The lowest BCUT2D eigenvalue weighted by atomic mass is 10.3. The molecule has 0 unspecified atom stereocenters. The number of halogens is 1. The molecule has 23 heavy (non-hydrogen) atoms. The van der Waals surface area contributed by atoms with Gasteiger partial charge in [-0.3, -0.25) is 24.0 Å². The minimum atomic E-state index is -0.598. The van der Waals surface area contributed by atoms with Crippen LogP contribution in [0.3, 0.4) is 0 Å². The van der Waals surface area contributed by atoms with Crippen LogP contribution in [0, 0.1) is 0 Å². The second-order valence-electron chi connectivity index (χ2n) is 3.95. The lowest BCUT2D eigenvalue weighted by Gasteiger charge is -2.01. The minimum absolute atomic E-state index is 0.126. The van der Waals surface area contributed by atoms with Gasteiger partial charge in [0.05, 0.1) is 19.1 Å². The van der Waals surface area contributed by atoms with E-state index in [1.807, 2.05) is 0 Å². The van der Waals surface area contributed by atoms with Crippen LogP contribution in [0.4, 0.5) is 0 Å². The van der Waals surface area contributed by atoms with Gasteiger partial charge in [-0.15, -0.1) is 11.6 Å². The molecular formula is C14H21ClO8. The first-order valence-corrected chi connectivity index (χ1v) is 7.34. The molecule has 8 nitrogen and oxygen atoms in total. The number of rotatable bonds is 9. The third-order valence-corrected chi connectivity index (χ3v) is 2.18. The van der Waals surface area contributed by atoms with Crippen LogP contribution in [0.1, 0.15) is 33.6 Å². The molecule has 0 saturated heterocycles. The van der Waals surface area contributed by atoms with Gasteiger partial charge in [-0.05, 0) is 13.8 Å². The summed E-state index contributed by atoms with van der Waals surface area (Å²) in [5.74, 6) is -2.54. The molecule has 0 heterocycles. The molecule has 0 fully saturated rings. The first-order valence-electron chi connectivity index (χ1n) is 6.80. The van der Waals surface area contributed by atoms with E-state index in [4.69, 9.17) is 11.6 Å². The van der Waals surface area contributed by atoms with Crippen molar-refractivity contribution in [1.29, 1.82) is 0 Å². The molecule has 0 aliphatic carbocycles. The smallest absolute Gasteiger partial charge is 0.313 e. The van der Waals surface area contributed by atoms with Crippen LogP contribution in [-0.2, 0) is 38.2 Å². The Bertz CT molecular complexity index is 419. The molecule has 0 atom stereocenters. The van der Waals surface area contributed by atoms with Gasteiger partial charge >= 0.3 is 17.9 Å². The molecule has 0 amide bonds. The number of ether oxygens (including phenoxy) is 3. The zero-order valence-electron chi connectivity index (χ0n) is 13.4. The van der Waals surface area contributed by atoms with Crippen molar-refractivity contribution in [3.8, 4) is 0 Å². The van der Waals surface area contributed by atoms with Crippen LogP contribution < -0.4 is 0 Å². The Morgan fingerprint density at radius 3 is 1.57 bits per heavy atom. The second kappa shape index (κ2) is 15.0. The fourth-order valence-corrected chi connectivity index (χ4v) is 1.12. The van der Waals surface area contributed by atoms with Gasteiger partial charge in [0.1, 0.15) is 12.8 Å². The molecular weight excluding hydrogens is 332 g/mol. The molecule has 9 heteroatoms. The third-order valence-electron chi connectivity index (χ3n) is 1.88. The molecule has 0 rings (SSSR count). The summed E-state index contributed by atoms with van der Waals surface area (Å²) in [7, 11) is 0. The highest BCUT2D eigenvalue weighted by molar-refractivity contribution is 6.28. The Morgan fingerprint density at radius 2 is 1.22 bits per heavy atom. The quantitative estimate of drug-likeness (QED) is 0.259. The minimum Gasteiger partial charge on any atom is -0.466 e. The highest BCUT2D eigenvalue weighted by atomic mass is 35.5. The fraction of sp³-hybridized carbons (Fsp3) is 0.643. The van der Waals surface area contributed by atoms with E-state index in [2.05, 4.69) is 14.2 Å². The van der Waals surface area contributed by atoms with Crippen molar-refractivity contribution in [3.63, 3.8) is 0 Å². The lowest BCUT2D eigenvalue weighted by molar-refractivity contribution is -0.151. The summed E-state index contributed by atoms with van der Waals surface area (Å²) in [6, 6.07) is 0. The number of alkyl halides is 1. The molecule has 0 bridgehead atoms. The number of esters is 3. The summed E-state index contributed by atoms with van der Waals surface area (Å²) in [6.07, 6.45) is -0.557. The standard InChI is InChI=1S/C8H12O5.C6H9ClO3/c1-3-12-8(11)4-7(10)5-13-6(2)9;1-2-10-6(9)3-5(8)4-7/h3-5H2,1-2H3;2-4H2,1H3. The van der Waals surface area contributed by atoms with Crippen molar-refractivity contribution in [2.45, 2.75) is 33.6 Å². The van der Waals surface area contributed by atoms with E-state index < -0.39 is 23.7 Å². The molecule has 0 aromatic rings. The zero-order valence-corrected chi connectivity index (χ0v) is 14.1. The van der Waals surface area contributed by atoms with Crippen LogP contribution >= 0.6 is 11.6 Å². The highest BCUT2D eigenvalue weighted by Gasteiger charge is 2.11. The van der Waals surface area contributed by atoms with E-state index in [-0.39, 0.29) is 37.7 Å². The number of Topliss-reactive ketones (excluding diaryl/α,β-unsaturated/α-hetero) is 2. The van der Waals surface area contributed by atoms with Crippen molar-refractivity contribution >= 4 is 41.1 Å². The van der Waals surface area contributed by atoms with E-state index in [1.165, 1.54) is 6.92 Å². The Kier molecular flexibility index (Phi) is 15.2. The van der Waals surface area contributed by atoms with Crippen molar-refractivity contribution in [2.75, 3.05) is 25.7 Å². The second-order valence-corrected chi connectivity index (χ2v) is 4.22. The number of carbonyl (C=O) groups is 5. The topological polar surface area (TPSA) is 113 Å². The van der Waals surface area contributed by atoms with Gasteiger partial charge in [-0.2, -0.15) is 0 Å². The first kappa shape index (κ1) is 23.3. The van der Waals surface area contributed by atoms with Gasteiger partial charge in [0.15, 0.2) is 18.2 Å². The summed E-state index contributed by atoms with van der Waals surface area (Å²) in [6.45, 7) is 4.69. The number of hydrogen-bond acceptors (Lipinski definition) is 8. The number of ketones is 2. The van der Waals surface area contributed by atoms with Crippen molar-refractivity contribution in [2.24, 2.45) is 0 Å². The Labute approximate surface area is 139 Å². The fourth-order valence-electron chi connectivity index (χ4n) is 1.03. The van der Waals surface area contributed by atoms with Crippen LogP contribution in [0.2, 0.25) is 0 Å². The van der Waals surface area contributed by atoms with Crippen molar-refractivity contribution in [3.05, 3.63) is 0 Å². The summed E-state index contributed by atoms with van der Waals surface area (Å²) < 4.78 is 13.4. The summed E-state index contributed by atoms with van der Waals surface area (Å²) in [4.78, 5) is 52.8. The van der Waals surface area contributed by atoms with Crippen LogP contribution in [0.25, 0.3) is 0 Å². The molecule has 0 aromatic carbocycles. The van der Waals surface area contributed by atoms with Gasteiger partial charge in [-0.1, -0.05) is 0 Å². The van der Waals surface area contributed by atoms with Gasteiger partial charge < -0.3 is 14.2 Å². The average molecular weight is 353 g/mol. The number of carbonyl (C=O) groups excluding carboxylic acids is 5. The Hall–Kier alpha value is -1.96. The van der Waals surface area contributed by atoms with E-state index in [9.17, 15) is 24.0 Å². The molecule has 0 spiro atoms. The predicted molar refractivity (Wildman–Crippen MR) is 79.9 cm³/mol. The lowest BCUT2D eigenvalue weighted by Crippen LogP contribution is -2.17. The van der Waals surface area contributed by atoms with Crippen molar-refractivity contribution in [1.82, 2.24) is 0 Å². The number of hydrogen-bond donors (Lipinski definition) is 0. The summed E-state index contributed by atoms with van der Waals surface area (Å²) in [5.41, 5.74) is 0. The summed E-state index contributed by atoms with van der Waals surface area (Å²) >= 11 is 5.14. The predicted octanol–water partition coefficient (Wildman–Crippen LogP) is 0.819. The van der Waals surface area contributed by atoms with E-state index in [0.717, 1.165) is 0 Å². The Balaban J connectivity index is 0. The van der Waals surface area contributed by atoms with Crippen molar-refractivity contribution < 1.29 is 38.2 Å². The molecule has 0 aliphatic heterocycles. The largest absolute Gasteiger partial charge is 0.466 e. The molecule has 0 radical (unpaired) electrons. The zero-order chi connectivity index (χ0) is 18.3. The third kappa shape index (κ3) is 18.0. The maximum Gasteiger partial charge on any atom is 0.313 e. The molecule has 0 N–H and O–H groups in total. The average Bonchev–Trinajstić information content (AvgIpc) is 2.46. The van der Waals surface area contributed by atoms with E-state index >= 15 is 0 Å². The SMILES string of the molecule is CCOC(=O)CC(=O)CCl.CCOC(=O)CC(=O)COC(C)=O. The van der Waals surface area contributed by atoms with E-state index in [1.54, 1.807) is 13.8 Å². The monoisotopic (exact) mass is 352 g/mol. The summed E-state index contributed by atoms with van der Waals surface area (Å²) in [5, 5.41) is 0. The van der Waals surface area contributed by atoms with Crippen LogP contribution in [0.5, 0.6) is 0 Å². The van der Waals surface area contributed by atoms with Gasteiger partial charge in [-0.25, -0.2) is 0 Å². The molecule has 0 aromatic heterocycles. The maximum absolute atomic E-state index is 10.9. The molecule has 0 aliphatic rings. The van der Waals surface area contributed by atoms with Gasteiger partial charge in [0.2, 0.25) is 0 Å². The van der Waals surface area contributed by atoms with Crippen LogP contribution in [-0.4, -0.2) is 55.2 Å². The van der Waals surface area contributed by atoms with E-state index in [0.29, 0.717) is 6.61 Å². The molecule has 0 saturated carbocycles.